The molecule has 0 saturated carbocycles. The van der Waals surface area contributed by atoms with Gasteiger partial charge in [-0.1, -0.05) is 12.1 Å². The maximum atomic E-state index is 12.1. The number of amides is 1. The Balaban J connectivity index is 1.72. The summed E-state index contributed by atoms with van der Waals surface area (Å²) in [6.07, 6.45) is 2.52. The van der Waals surface area contributed by atoms with Crippen molar-refractivity contribution in [2.75, 3.05) is 27.2 Å². The van der Waals surface area contributed by atoms with Gasteiger partial charge >= 0.3 is 0 Å². The van der Waals surface area contributed by atoms with Gasteiger partial charge in [-0.15, -0.1) is 10.2 Å². The van der Waals surface area contributed by atoms with Gasteiger partial charge in [0.1, 0.15) is 17.9 Å². The molecule has 1 aromatic carbocycles. The third kappa shape index (κ3) is 5.86. The summed E-state index contributed by atoms with van der Waals surface area (Å²) in [5.41, 5.74) is 1.17. The molecule has 7 heteroatoms. The zero-order valence-electron chi connectivity index (χ0n) is 15.4. The van der Waals surface area contributed by atoms with Crippen molar-refractivity contribution in [3.8, 4) is 5.75 Å². The summed E-state index contributed by atoms with van der Waals surface area (Å²) in [4.78, 5) is 14.0. The molecule has 0 aliphatic heterocycles. The minimum Gasteiger partial charge on any atom is -0.497 e. The minimum absolute atomic E-state index is 0.00613. The molecule has 0 aliphatic rings. The number of carbonyl (C=O) groups is 1. The van der Waals surface area contributed by atoms with Crippen molar-refractivity contribution in [2.45, 2.75) is 32.9 Å². The summed E-state index contributed by atoms with van der Waals surface area (Å²) < 4.78 is 7.15. The summed E-state index contributed by atoms with van der Waals surface area (Å²) in [5, 5.41) is 11.0. The lowest BCUT2D eigenvalue weighted by Crippen LogP contribution is -2.36. The Hall–Kier alpha value is -2.41. The Kier molecular flexibility index (Phi) is 6.94. The van der Waals surface area contributed by atoms with Crippen molar-refractivity contribution >= 4 is 5.91 Å². The zero-order valence-corrected chi connectivity index (χ0v) is 15.4. The van der Waals surface area contributed by atoms with Crippen LogP contribution in [0.3, 0.4) is 0 Å². The van der Waals surface area contributed by atoms with E-state index in [1.807, 2.05) is 40.8 Å². The van der Waals surface area contributed by atoms with Crippen LogP contribution in [-0.4, -0.2) is 52.8 Å². The van der Waals surface area contributed by atoms with Crippen LogP contribution in [-0.2, 0) is 17.8 Å². The maximum Gasteiger partial charge on any atom is 0.234 e. The Morgan fingerprint density at radius 1 is 1.32 bits per heavy atom. The molecule has 1 heterocycles. The standard InChI is InChI=1S/C18H27N5O2/c1-14(2)23-13-20-21-17(23)11-22(3)12-18(24)19-10-9-15-5-7-16(25-4)8-6-15/h5-8,13-14H,9-12H2,1-4H3,(H,19,24). The summed E-state index contributed by atoms with van der Waals surface area (Å²) >= 11 is 0. The normalized spacial score (nSPS) is 11.1. The first-order valence-electron chi connectivity index (χ1n) is 8.46. The number of likely N-dealkylation sites (N-methyl/N-ethyl adjacent to an activating group) is 1. The summed E-state index contributed by atoms with van der Waals surface area (Å²) in [6, 6.07) is 8.17. The second-order valence-corrected chi connectivity index (χ2v) is 6.37. The van der Waals surface area contributed by atoms with Gasteiger partial charge in [-0.25, -0.2) is 0 Å². The largest absolute Gasteiger partial charge is 0.497 e. The SMILES string of the molecule is COc1ccc(CCNC(=O)CN(C)Cc2nncn2C(C)C)cc1. The molecule has 0 fully saturated rings. The average Bonchev–Trinajstić information content (AvgIpc) is 3.03. The fourth-order valence-electron chi connectivity index (χ4n) is 2.55. The molecule has 0 atom stereocenters. The predicted molar refractivity (Wildman–Crippen MR) is 96.4 cm³/mol. The Morgan fingerprint density at radius 2 is 2.04 bits per heavy atom. The van der Waals surface area contributed by atoms with E-state index in [2.05, 4.69) is 29.4 Å². The highest BCUT2D eigenvalue weighted by atomic mass is 16.5. The number of rotatable bonds is 9. The molecule has 25 heavy (non-hydrogen) atoms. The Morgan fingerprint density at radius 3 is 2.68 bits per heavy atom. The van der Waals surface area contributed by atoms with Gasteiger partial charge in [0.25, 0.3) is 0 Å². The smallest absolute Gasteiger partial charge is 0.234 e. The van der Waals surface area contributed by atoms with E-state index in [-0.39, 0.29) is 5.91 Å². The van der Waals surface area contributed by atoms with Gasteiger partial charge in [-0.2, -0.15) is 0 Å². The number of nitrogens with one attached hydrogen (secondary N) is 1. The first-order chi connectivity index (χ1) is 12.0. The minimum atomic E-state index is 0.00613. The predicted octanol–water partition coefficient (Wildman–Crippen LogP) is 1.66. The lowest BCUT2D eigenvalue weighted by Gasteiger charge is -2.17. The van der Waals surface area contributed by atoms with Crippen LogP contribution in [0.2, 0.25) is 0 Å². The number of ether oxygens (including phenoxy) is 1. The first kappa shape index (κ1) is 18.9. The van der Waals surface area contributed by atoms with Gasteiger partial charge in [0, 0.05) is 12.6 Å². The van der Waals surface area contributed by atoms with E-state index < -0.39 is 0 Å². The molecule has 136 valence electrons. The molecule has 2 aromatic rings. The Bertz CT molecular complexity index is 666. The second-order valence-electron chi connectivity index (χ2n) is 6.37. The van der Waals surface area contributed by atoms with E-state index in [9.17, 15) is 4.79 Å². The number of carbonyl (C=O) groups excluding carboxylic acids is 1. The number of methoxy groups -OCH3 is 1. The van der Waals surface area contributed by atoms with Gasteiger partial charge in [-0.3, -0.25) is 9.69 Å². The highest BCUT2D eigenvalue weighted by Crippen LogP contribution is 2.11. The maximum absolute atomic E-state index is 12.1. The molecular formula is C18H27N5O2. The summed E-state index contributed by atoms with van der Waals surface area (Å²) in [6.45, 7) is 5.69. The molecule has 0 saturated heterocycles. The average molecular weight is 345 g/mol. The van der Waals surface area contributed by atoms with Crippen LogP contribution in [0.15, 0.2) is 30.6 Å². The van der Waals surface area contributed by atoms with Crippen molar-refractivity contribution < 1.29 is 9.53 Å². The molecule has 1 N–H and O–H groups in total. The summed E-state index contributed by atoms with van der Waals surface area (Å²) in [7, 11) is 3.55. The second kappa shape index (κ2) is 9.17. The fourth-order valence-corrected chi connectivity index (χ4v) is 2.55. The zero-order chi connectivity index (χ0) is 18.2. The van der Waals surface area contributed by atoms with Gasteiger partial charge in [0.05, 0.1) is 20.2 Å². The molecule has 1 amide bonds. The van der Waals surface area contributed by atoms with Crippen molar-refractivity contribution in [1.82, 2.24) is 25.0 Å². The van der Waals surface area contributed by atoms with Gasteiger partial charge < -0.3 is 14.6 Å². The van der Waals surface area contributed by atoms with Crippen molar-refractivity contribution in [2.24, 2.45) is 0 Å². The van der Waals surface area contributed by atoms with Crippen LogP contribution in [0.1, 0.15) is 31.3 Å². The van der Waals surface area contributed by atoms with Gasteiger partial charge in [0.15, 0.2) is 0 Å². The van der Waals surface area contributed by atoms with Crippen LogP contribution in [0.5, 0.6) is 5.75 Å². The van der Waals surface area contributed by atoms with Crippen LogP contribution >= 0.6 is 0 Å². The van der Waals surface area contributed by atoms with Crippen molar-refractivity contribution in [3.63, 3.8) is 0 Å². The number of aromatic nitrogens is 3. The first-order valence-corrected chi connectivity index (χ1v) is 8.46. The van der Waals surface area contributed by atoms with Crippen LogP contribution in [0, 0.1) is 0 Å². The van der Waals surface area contributed by atoms with Crippen molar-refractivity contribution in [1.29, 1.82) is 0 Å². The fraction of sp³-hybridized carbons (Fsp3) is 0.500. The lowest BCUT2D eigenvalue weighted by atomic mass is 10.1. The molecule has 0 unspecified atom stereocenters. The number of hydrogen-bond donors (Lipinski definition) is 1. The van der Waals surface area contributed by atoms with Crippen LogP contribution in [0.25, 0.3) is 0 Å². The van der Waals surface area contributed by atoms with E-state index in [1.54, 1.807) is 13.4 Å². The van der Waals surface area contributed by atoms with Crippen molar-refractivity contribution in [3.05, 3.63) is 42.0 Å². The van der Waals surface area contributed by atoms with Gasteiger partial charge in [0.2, 0.25) is 5.91 Å². The summed E-state index contributed by atoms with van der Waals surface area (Å²) in [5.74, 6) is 1.71. The van der Waals surface area contributed by atoms with E-state index in [0.29, 0.717) is 25.7 Å². The highest BCUT2D eigenvalue weighted by molar-refractivity contribution is 5.77. The number of hydrogen-bond acceptors (Lipinski definition) is 5. The molecule has 0 bridgehead atoms. The number of nitrogens with zero attached hydrogens (tertiary/aromatic N) is 4. The third-order valence-corrected chi connectivity index (χ3v) is 3.92. The Labute approximate surface area is 149 Å². The third-order valence-electron chi connectivity index (χ3n) is 3.92. The van der Waals surface area contributed by atoms with E-state index >= 15 is 0 Å². The number of benzene rings is 1. The van der Waals surface area contributed by atoms with E-state index in [4.69, 9.17) is 4.74 Å². The van der Waals surface area contributed by atoms with E-state index in [1.165, 1.54) is 5.56 Å². The molecule has 1 aromatic heterocycles. The van der Waals surface area contributed by atoms with E-state index in [0.717, 1.165) is 18.0 Å². The molecule has 2 rings (SSSR count). The molecule has 7 nitrogen and oxygen atoms in total. The quantitative estimate of drug-likeness (QED) is 0.748. The molecular weight excluding hydrogens is 318 g/mol. The molecule has 0 spiro atoms. The monoisotopic (exact) mass is 345 g/mol. The molecule has 0 radical (unpaired) electrons. The lowest BCUT2D eigenvalue weighted by molar-refractivity contribution is -0.122. The van der Waals surface area contributed by atoms with Crippen LogP contribution < -0.4 is 10.1 Å². The molecule has 0 aliphatic carbocycles. The van der Waals surface area contributed by atoms with Gasteiger partial charge in [-0.05, 0) is 45.0 Å². The van der Waals surface area contributed by atoms with Crippen LogP contribution in [0.4, 0.5) is 0 Å². The highest BCUT2D eigenvalue weighted by Gasteiger charge is 2.12. The topological polar surface area (TPSA) is 72.3 Å².